The third kappa shape index (κ3) is 5.49. The van der Waals surface area contributed by atoms with Gasteiger partial charge < -0.3 is 22.9 Å². The van der Waals surface area contributed by atoms with E-state index in [1.165, 1.54) is 0 Å². The molecule has 0 aliphatic rings. The monoisotopic (exact) mass is 174 g/mol. The number of unbranched alkanes of at least 4 members (excludes halogenated alkanes) is 2. The van der Waals surface area contributed by atoms with Crippen LogP contribution in [0.2, 0.25) is 0 Å². The molecule has 0 saturated carbocycles. The standard InChI is InChI=1S/C8H22N4/c9-5-3-1-2-4-7(11)8(12)6-10/h7-8H,1-6,9-12H2. The molecule has 0 aliphatic carbocycles. The van der Waals surface area contributed by atoms with Crippen molar-refractivity contribution in [2.75, 3.05) is 13.1 Å². The summed E-state index contributed by atoms with van der Waals surface area (Å²) in [5.74, 6) is 0. The van der Waals surface area contributed by atoms with Crippen LogP contribution >= 0.6 is 0 Å². The minimum absolute atomic E-state index is 0.0489. The molecule has 0 amide bonds. The molecule has 0 radical (unpaired) electrons. The van der Waals surface area contributed by atoms with E-state index in [4.69, 9.17) is 22.9 Å². The van der Waals surface area contributed by atoms with Crippen LogP contribution in [-0.2, 0) is 0 Å². The molecule has 0 aromatic heterocycles. The summed E-state index contributed by atoms with van der Waals surface area (Å²) in [7, 11) is 0. The SMILES string of the molecule is NCCCCCC(N)C(N)CN. The molecule has 0 aromatic rings. The van der Waals surface area contributed by atoms with Crippen LogP contribution in [0.1, 0.15) is 25.7 Å². The van der Waals surface area contributed by atoms with Gasteiger partial charge in [-0.05, 0) is 19.4 Å². The Morgan fingerprint density at radius 3 is 2.00 bits per heavy atom. The van der Waals surface area contributed by atoms with Gasteiger partial charge >= 0.3 is 0 Å². The van der Waals surface area contributed by atoms with Crippen molar-refractivity contribution in [2.45, 2.75) is 37.8 Å². The van der Waals surface area contributed by atoms with Gasteiger partial charge in [-0.3, -0.25) is 0 Å². The minimum atomic E-state index is -0.0529. The van der Waals surface area contributed by atoms with Crippen molar-refractivity contribution in [1.29, 1.82) is 0 Å². The fraction of sp³-hybridized carbons (Fsp3) is 1.00. The van der Waals surface area contributed by atoms with Crippen LogP contribution in [0.4, 0.5) is 0 Å². The van der Waals surface area contributed by atoms with Crippen molar-refractivity contribution >= 4 is 0 Å². The Balaban J connectivity index is 3.24. The third-order valence-corrected chi connectivity index (χ3v) is 2.06. The van der Waals surface area contributed by atoms with E-state index in [9.17, 15) is 0 Å². The number of hydrogen-bond acceptors (Lipinski definition) is 4. The molecule has 0 aliphatic heterocycles. The van der Waals surface area contributed by atoms with Gasteiger partial charge in [-0.25, -0.2) is 0 Å². The molecular formula is C8H22N4. The molecule has 4 heteroatoms. The van der Waals surface area contributed by atoms with Crippen LogP contribution in [0.3, 0.4) is 0 Å². The lowest BCUT2D eigenvalue weighted by Crippen LogP contribution is -2.46. The van der Waals surface area contributed by atoms with E-state index >= 15 is 0 Å². The largest absolute Gasteiger partial charge is 0.330 e. The first kappa shape index (κ1) is 11.8. The predicted octanol–water partition coefficient (Wildman–Crippen LogP) is -0.881. The molecule has 0 spiro atoms. The Kier molecular flexibility index (Phi) is 7.39. The van der Waals surface area contributed by atoms with Crippen LogP contribution in [0.25, 0.3) is 0 Å². The molecule has 4 nitrogen and oxygen atoms in total. The van der Waals surface area contributed by atoms with Gasteiger partial charge in [-0.1, -0.05) is 12.8 Å². The quantitative estimate of drug-likeness (QED) is 0.376. The highest BCUT2D eigenvalue weighted by Crippen LogP contribution is 2.02. The molecule has 0 fully saturated rings. The van der Waals surface area contributed by atoms with Crippen LogP contribution in [-0.4, -0.2) is 25.2 Å². The van der Waals surface area contributed by atoms with Crippen LogP contribution in [0.5, 0.6) is 0 Å². The van der Waals surface area contributed by atoms with E-state index < -0.39 is 0 Å². The molecule has 12 heavy (non-hydrogen) atoms. The van der Waals surface area contributed by atoms with E-state index in [1.54, 1.807) is 0 Å². The second kappa shape index (κ2) is 7.49. The maximum absolute atomic E-state index is 5.77. The zero-order valence-electron chi connectivity index (χ0n) is 7.71. The highest BCUT2D eigenvalue weighted by atomic mass is 14.8. The normalized spacial score (nSPS) is 16.0. The molecule has 2 atom stereocenters. The molecular weight excluding hydrogens is 152 g/mol. The Morgan fingerprint density at radius 1 is 0.833 bits per heavy atom. The first-order valence-corrected chi connectivity index (χ1v) is 4.63. The van der Waals surface area contributed by atoms with Crippen LogP contribution < -0.4 is 22.9 Å². The summed E-state index contributed by atoms with van der Waals surface area (Å²) in [6, 6.07) is -0.00403. The van der Waals surface area contributed by atoms with Gasteiger partial charge in [0.1, 0.15) is 0 Å². The summed E-state index contributed by atoms with van der Waals surface area (Å²) in [5.41, 5.74) is 22.2. The lowest BCUT2D eigenvalue weighted by molar-refractivity contribution is 0.475. The van der Waals surface area contributed by atoms with Gasteiger partial charge in [0, 0.05) is 18.6 Å². The highest BCUT2D eigenvalue weighted by Gasteiger charge is 2.09. The van der Waals surface area contributed by atoms with Gasteiger partial charge in [0.05, 0.1) is 0 Å². The first-order valence-electron chi connectivity index (χ1n) is 4.63. The summed E-state index contributed by atoms with van der Waals surface area (Å²) in [6.45, 7) is 1.23. The number of rotatable bonds is 7. The molecule has 74 valence electrons. The molecule has 8 N–H and O–H groups in total. The average Bonchev–Trinajstić information content (AvgIpc) is 2.10. The van der Waals surface area contributed by atoms with E-state index in [-0.39, 0.29) is 12.1 Å². The maximum Gasteiger partial charge on any atom is 0.0317 e. The average molecular weight is 174 g/mol. The summed E-state index contributed by atoms with van der Waals surface area (Å²) in [4.78, 5) is 0. The summed E-state index contributed by atoms with van der Waals surface area (Å²) < 4.78 is 0. The first-order chi connectivity index (χ1) is 5.72. The van der Waals surface area contributed by atoms with Gasteiger partial charge in [0.2, 0.25) is 0 Å². The Morgan fingerprint density at radius 2 is 1.50 bits per heavy atom. The molecule has 0 rings (SSSR count). The van der Waals surface area contributed by atoms with E-state index in [1.807, 2.05) is 0 Å². The molecule has 2 unspecified atom stereocenters. The van der Waals surface area contributed by atoms with Crippen LogP contribution in [0, 0.1) is 0 Å². The zero-order valence-corrected chi connectivity index (χ0v) is 7.71. The minimum Gasteiger partial charge on any atom is -0.330 e. The summed E-state index contributed by atoms with van der Waals surface area (Å²) >= 11 is 0. The van der Waals surface area contributed by atoms with E-state index in [0.717, 1.165) is 32.2 Å². The zero-order chi connectivity index (χ0) is 9.40. The van der Waals surface area contributed by atoms with Gasteiger partial charge in [-0.2, -0.15) is 0 Å². The van der Waals surface area contributed by atoms with Crippen molar-refractivity contribution in [3.63, 3.8) is 0 Å². The van der Waals surface area contributed by atoms with Crippen molar-refractivity contribution in [1.82, 2.24) is 0 Å². The highest BCUT2D eigenvalue weighted by molar-refractivity contribution is 4.76. The molecule has 0 saturated heterocycles. The van der Waals surface area contributed by atoms with Crippen molar-refractivity contribution in [2.24, 2.45) is 22.9 Å². The lowest BCUT2D eigenvalue weighted by Gasteiger charge is -2.17. The molecule has 0 bridgehead atoms. The fourth-order valence-electron chi connectivity index (χ4n) is 1.09. The summed E-state index contributed by atoms with van der Waals surface area (Å²) in [6.07, 6.45) is 4.27. The van der Waals surface area contributed by atoms with E-state index in [2.05, 4.69) is 0 Å². The van der Waals surface area contributed by atoms with Gasteiger partial charge in [-0.15, -0.1) is 0 Å². The fourth-order valence-corrected chi connectivity index (χ4v) is 1.09. The van der Waals surface area contributed by atoms with E-state index in [0.29, 0.717) is 6.54 Å². The summed E-state index contributed by atoms with van der Waals surface area (Å²) in [5, 5.41) is 0. The second-order valence-corrected chi connectivity index (χ2v) is 3.20. The third-order valence-electron chi connectivity index (χ3n) is 2.06. The van der Waals surface area contributed by atoms with Crippen molar-refractivity contribution < 1.29 is 0 Å². The van der Waals surface area contributed by atoms with Crippen molar-refractivity contribution in [3.8, 4) is 0 Å². The Hall–Kier alpha value is -0.160. The predicted molar refractivity (Wildman–Crippen MR) is 52.5 cm³/mol. The van der Waals surface area contributed by atoms with Gasteiger partial charge in [0.15, 0.2) is 0 Å². The topological polar surface area (TPSA) is 104 Å². The maximum atomic E-state index is 5.77. The molecule has 0 heterocycles. The van der Waals surface area contributed by atoms with Crippen molar-refractivity contribution in [3.05, 3.63) is 0 Å². The Labute approximate surface area is 74.7 Å². The lowest BCUT2D eigenvalue weighted by atomic mass is 10.0. The number of hydrogen-bond donors (Lipinski definition) is 4. The molecule has 0 aromatic carbocycles. The smallest absolute Gasteiger partial charge is 0.0317 e. The second-order valence-electron chi connectivity index (χ2n) is 3.20. The van der Waals surface area contributed by atoms with Gasteiger partial charge in [0.25, 0.3) is 0 Å². The van der Waals surface area contributed by atoms with Crippen LogP contribution in [0.15, 0.2) is 0 Å². The number of nitrogens with two attached hydrogens (primary N) is 4. The Bertz CT molecular complexity index is 97.1.